The number of aromatic nitrogens is 5. The summed E-state index contributed by atoms with van der Waals surface area (Å²) in [5.74, 6) is 0.0116. The van der Waals surface area contributed by atoms with Crippen LogP contribution in [0.5, 0.6) is 0 Å². The van der Waals surface area contributed by atoms with Gasteiger partial charge in [0.25, 0.3) is 0 Å². The van der Waals surface area contributed by atoms with Crippen LogP contribution in [-0.4, -0.2) is 36.8 Å². The lowest BCUT2D eigenvalue weighted by Crippen LogP contribution is -2.14. The Bertz CT molecular complexity index is 1310. The molecule has 0 unspecified atom stereocenters. The Morgan fingerprint density at radius 3 is 2.76 bits per heavy atom. The maximum absolute atomic E-state index is 12.3. The Balaban J connectivity index is 1.25. The molecule has 3 heterocycles. The molecule has 3 aromatic heterocycles. The fourth-order valence-corrected chi connectivity index (χ4v) is 4.25. The molecule has 0 aliphatic rings. The van der Waals surface area contributed by atoms with E-state index in [-0.39, 0.29) is 11.7 Å². The van der Waals surface area contributed by atoms with Gasteiger partial charge in [0.15, 0.2) is 10.8 Å². The Morgan fingerprint density at radius 1 is 1.03 bits per heavy atom. The number of fused-ring (bicyclic) bond motifs is 3. The van der Waals surface area contributed by atoms with Crippen molar-refractivity contribution in [3.8, 4) is 11.3 Å². The van der Waals surface area contributed by atoms with Gasteiger partial charge in [0, 0.05) is 21.8 Å². The topological polar surface area (TPSA) is 96.5 Å². The maximum Gasteiger partial charge on any atom is 0.236 e. The summed E-state index contributed by atoms with van der Waals surface area (Å²) in [5, 5.41) is 15.2. The van der Waals surface area contributed by atoms with Crippen molar-refractivity contribution in [2.24, 2.45) is 0 Å². The van der Waals surface area contributed by atoms with Crippen LogP contribution >= 0.6 is 23.1 Å². The molecule has 0 saturated carbocycles. The molecule has 0 aliphatic carbocycles. The standard InChI is InChI=1S/C20H14N6OS2/c27-16(23-19-22-15(10-28-19)12-6-2-1-3-7-12)11-29-20-24-18-17(25-26-20)13-8-4-5-9-14(13)21-18/h1-10H,11H2,(H,21,24,26)(H,22,23,27). The zero-order valence-electron chi connectivity index (χ0n) is 15.0. The SMILES string of the molecule is O=C(CSc1nnc2c(n1)[nH]c1ccccc12)Nc1nc(-c2ccccc2)cs1. The third-order valence-corrected chi connectivity index (χ3v) is 5.85. The molecule has 5 rings (SSSR count). The highest BCUT2D eigenvalue weighted by atomic mass is 32.2. The molecule has 29 heavy (non-hydrogen) atoms. The first-order valence-corrected chi connectivity index (χ1v) is 10.7. The fraction of sp³-hybridized carbons (Fsp3) is 0.0500. The lowest BCUT2D eigenvalue weighted by molar-refractivity contribution is -0.113. The van der Waals surface area contributed by atoms with Crippen molar-refractivity contribution in [1.82, 2.24) is 25.1 Å². The summed E-state index contributed by atoms with van der Waals surface area (Å²) >= 11 is 2.63. The smallest absolute Gasteiger partial charge is 0.236 e. The van der Waals surface area contributed by atoms with E-state index in [0.717, 1.165) is 27.7 Å². The van der Waals surface area contributed by atoms with Crippen molar-refractivity contribution in [2.75, 3.05) is 11.1 Å². The second-order valence-electron chi connectivity index (χ2n) is 6.20. The van der Waals surface area contributed by atoms with Gasteiger partial charge in [-0.25, -0.2) is 9.97 Å². The zero-order chi connectivity index (χ0) is 19.6. The molecule has 9 heteroatoms. The number of para-hydroxylation sites is 1. The Kier molecular flexibility index (Phi) is 4.66. The number of carbonyl (C=O) groups is 1. The van der Waals surface area contributed by atoms with Crippen molar-refractivity contribution in [1.29, 1.82) is 0 Å². The first-order valence-electron chi connectivity index (χ1n) is 8.81. The van der Waals surface area contributed by atoms with Gasteiger partial charge in [0.05, 0.1) is 11.4 Å². The number of amides is 1. The van der Waals surface area contributed by atoms with E-state index < -0.39 is 0 Å². The number of thiazole rings is 1. The number of benzene rings is 2. The first kappa shape index (κ1) is 17.8. The van der Waals surface area contributed by atoms with Crippen LogP contribution in [0.25, 0.3) is 33.3 Å². The van der Waals surface area contributed by atoms with Crippen LogP contribution in [-0.2, 0) is 4.79 Å². The van der Waals surface area contributed by atoms with E-state index in [1.54, 1.807) is 0 Å². The molecule has 0 atom stereocenters. The molecule has 0 radical (unpaired) electrons. The van der Waals surface area contributed by atoms with Crippen molar-refractivity contribution < 1.29 is 4.79 Å². The average Bonchev–Trinajstić information content (AvgIpc) is 3.37. The molecule has 0 fully saturated rings. The van der Waals surface area contributed by atoms with Gasteiger partial charge in [-0.15, -0.1) is 21.5 Å². The average molecular weight is 419 g/mol. The van der Waals surface area contributed by atoms with Crippen molar-refractivity contribution in [3.05, 3.63) is 60.0 Å². The molecule has 0 bridgehead atoms. The second kappa shape index (κ2) is 7.61. The van der Waals surface area contributed by atoms with Gasteiger partial charge in [-0.2, -0.15) is 0 Å². The molecule has 7 nitrogen and oxygen atoms in total. The van der Waals surface area contributed by atoms with E-state index in [1.807, 2.05) is 60.0 Å². The van der Waals surface area contributed by atoms with Gasteiger partial charge in [-0.3, -0.25) is 4.79 Å². The molecule has 0 spiro atoms. The highest BCUT2D eigenvalue weighted by Gasteiger charge is 2.12. The van der Waals surface area contributed by atoms with E-state index in [9.17, 15) is 4.79 Å². The molecule has 5 aromatic rings. The summed E-state index contributed by atoms with van der Waals surface area (Å²) in [6.45, 7) is 0. The fourth-order valence-electron chi connectivity index (χ4n) is 2.93. The van der Waals surface area contributed by atoms with Gasteiger partial charge >= 0.3 is 0 Å². The summed E-state index contributed by atoms with van der Waals surface area (Å²) in [7, 11) is 0. The number of aromatic amines is 1. The quantitative estimate of drug-likeness (QED) is 0.412. The number of thioether (sulfide) groups is 1. The Morgan fingerprint density at radius 2 is 1.86 bits per heavy atom. The number of carbonyl (C=O) groups excluding carboxylic acids is 1. The van der Waals surface area contributed by atoms with Gasteiger partial charge in [-0.05, 0) is 6.07 Å². The summed E-state index contributed by atoms with van der Waals surface area (Å²) in [5.41, 5.74) is 4.21. The maximum atomic E-state index is 12.3. The minimum Gasteiger partial charge on any atom is -0.338 e. The van der Waals surface area contributed by atoms with Crippen LogP contribution in [0, 0.1) is 0 Å². The van der Waals surface area contributed by atoms with E-state index in [1.165, 1.54) is 23.1 Å². The predicted molar refractivity (Wildman–Crippen MR) is 116 cm³/mol. The lowest BCUT2D eigenvalue weighted by Gasteiger charge is -2.01. The van der Waals surface area contributed by atoms with Crippen LogP contribution in [0.15, 0.2) is 65.1 Å². The van der Waals surface area contributed by atoms with Gasteiger partial charge in [0.1, 0.15) is 5.52 Å². The van der Waals surface area contributed by atoms with Crippen LogP contribution in [0.3, 0.4) is 0 Å². The van der Waals surface area contributed by atoms with Gasteiger partial charge in [-0.1, -0.05) is 60.3 Å². The molecule has 142 valence electrons. The number of hydrogen-bond donors (Lipinski definition) is 2. The number of H-pyrrole nitrogens is 1. The normalized spacial score (nSPS) is 11.2. The molecule has 0 saturated heterocycles. The monoisotopic (exact) mass is 418 g/mol. The van der Waals surface area contributed by atoms with Crippen molar-refractivity contribution in [2.45, 2.75) is 5.16 Å². The minimum absolute atomic E-state index is 0.163. The van der Waals surface area contributed by atoms with E-state index in [2.05, 4.69) is 30.5 Å². The summed E-state index contributed by atoms with van der Waals surface area (Å²) in [4.78, 5) is 24.5. The van der Waals surface area contributed by atoms with Gasteiger partial charge < -0.3 is 10.3 Å². The molecule has 0 aliphatic heterocycles. The number of hydrogen-bond acceptors (Lipinski definition) is 7. The van der Waals surface area contributed by atoms with Crippen LogP contribution in [0.4, 0.5) is 5.13 Å². The lowest BCUT2D eigenvalue weighted by atomic mass is 10.2. The van der Waals surface area contributed by atoms with E-state index in [4.69, 9.17) is 0 Å². The van der Waals surface area contributed by atoms with E-state index >= 15 is 0 Å². The highest BCUT2D eigenvalue weighted by Crippen LogP contribution is 2.25. The Labute approximate surface area is 173 Å². The molecule has 2 N–H and O–H groups in total. The van der Waals surface area contributed by atoms with Crippen LogP contribution in [0.1, 0.15) is 0 Å². The van der Waals surface area contributed by atoms with Crippen molar-refractivity contribution in [3.63, 3.8) is 0 Å². The van der Waals surface area contributed by atoms with Crippen LogP contribution in [0.2, 0.25) is 0 Å². The number of anilines is 1. The zero-order valence-corrected chi connectivity index (χ0v) is 16.6. The van der Waals surface area contributed by atoms with Crippen molar-refractivity contribution >= 4 is 56.2 Å². The molecular formula is C20H14N6OS2. The highest BCUT2D eigenvalue weighted by molar-refractivity contribution is 7.99. The minimum atomic E-state index is -0.163. The third kappa shape index (κ3) is 3.69. The third-order valence-electron chi connectivity index (χ3n) is 4.26. The predicted octanol–water partition coefficient (Wildman–Crippen LogP) is 4.36. The summed E-state index contributed by atoms with van der Waals surface area (Å²) < 4.78 is 0. The molecule has 1 amide bonds. The molecule has 2 aromatic carbocycles. The first-order chi connectivity index (χ1) is 14.3. The number of nitrogens with zero attached hydrogens (tertiary/aromatic N) is 4. The second-order valence-corrected chi connectivity index (χ2v) is 8.00. The van der Waals surface area contributed by atoms with Crippen LogP contribution < -0.4 is 5.32 Å². The van der Waals surface area contributed by atoms with Gasteiger partial charge in [0.2, 0.25) is 11.1 Å². The van der Waals surface area contributed by atoms with E-state index in [0.29, 0.717) is 15.9 Å². The number of rotatable bonds is 5. The molecular weight excluding hydrogens is 404 g/mol. The number of nitrogens with one attached hydrogen (secondary N) is 2. The Hall–Kier alpha value is -3.30. The summed E-state index contributed by atoms with van der Waals surface area (Å²) in [6.07, 6.45) is 0. The largest absolute Gasteiger partial charge is 0.338 e. The summed E-state index contributed by atoms with van der Waals surface area (Å²) in [6, 6.07) is 17.7.